The highest BCUT2D eigenvalue weighted by molar-refractivity contribution is 5.75. The van der Waals surface area contributed by atoms with Crippen molar-refractivity contribution in [3.05, 3.63) is 0 Å². The molecule has 0 atom stereocenters. The van der Waals surface area contributed by atoms with Gasteiger partial charge in [0.2, 0.25) is 0 Å². The molecule has 5 heteroatoms. The van der Waals surface area contributed by atoms with Crippen LogP contribution in [-0.4, -0.2) is 30.2 Å². The van der Waals surface area contributed by atoms with Gasteiger partial charge < -0.3 is 9.84 Å². The van der Waals surface area contributed by atoms with Crippen LogP contribution in [0.4, 0.5) is 8.78 Å². The Labute approximate surface area is 117 Å². The normalized spacial score (nSPS) is 39.2. The van der Waals surface area contributed by atoms with Gasteiger partial charge in [-0.25, -0.2) is 4.79 Å². The van der Waals surface area contributed by atoms with Crippen LogP contribution in [-0.2, 0) is 9.53 Å². The zero-order valence-corrected chi connectivity index (χ0v) is 11.6. The predicted molar refractivity (Wildman–Crippen MR) is 68.6 cm³/mol. The summed E-state index contributed by atoms with van der Waals surface area (Å²) < 4.78 is 30.8. The van der Waals surface area contributed by atoms with Crippen molar-refractivity contribution < 1.29 is 23.4 Å². The number of carbonyl (C=O) groups is 1. The minimum atomic E-state index is -3.76. The average molecular weight is 288 g/mol. The van der Waals surface area contributed by atoms with Gasteiger partial charge in [0.25, 0.3) is 0 Å². The monoisotopic (exact) mass is 288 g/mol. The minimum Gasteiger partial charge on any atom is -0.477 e. The molecular weight excluding hydrogens is 266 g/mol. The van der Waals surface area contributed by atoms with Crippen LogP contribution in [0.2, 0.25) is 0 Å². The zero-order chi connectivity index (χ0) is 14.4. The van der Waals surface area contributed by atoms with Crippen LogP contribution in [0.25, 0.3) is 0 Å². The third kappa shape index (κ3) is 2.69. The molecule has 4 saturated carbocycles. The van der Waals surface area contributed by atoms with Crippen molar-refractivity contribution in [1.82, 2.24) is 0 Å². The molecule has 3 nitrogen and oxygen atoms in total. The molecule has 4 bridgehead atoms. The molecule has 0 aliphatic heterocycles. The molecule has 0 heterocycles. The van der Waals surface area contributed by atoms with E-state index in [1.165, 1.54) is 38.5 Å². The van der Waals surface area contributed by atoms with Crippen LogP contribution in [0.1, 0.15) is 44.9 Å². The molecule has 114 valence electrons. The van der Waals surface area contributed by atoms with E-state index in [0.717, 1.165) is 24.2 Å². The van der Waals surface area contributed by atoms with Crippen LogP contribution >= 0.6 is 0 Å². The number of carboxylic acids is 1. The second-order valence-electron chi connectivity index (χ2n) is 7.23. The summed E-state index contributed by atoms with van der Waals surface area (Å²) >= 11 is 0. The van der Waals surface area contributed by atoms with Crippen molar-refractivity contribution in [2.45, 2.75) is 50.9 Å². The molecule has 0 radical (unpaired) electrons. The summed E-state index contributed by atoms with van der Waals surface area (Å²) in [5.74, 6) is -3.36. The number of aliphatic carboxylic acids is 1. The fourth-order valence-electron chi connectivity index (χ4n) is 5.15. The van der Waals surface area contributed by atoms with Gasteiger partial charge in [-0.3, -0.25) is 0 Å². The molecule has 4 fully saturated rings. The van der Waals surface area contributed by atoms with Crippen LogP contribution < -0.4 is 0 Å². The van der Waals surface area contributed by atoms with E-state index in [2.05, 4.69) is 0 Å². The molecular formula is C15H22F2O3. The van der Waals surface area contributed by atoms with Gasteiger partial charge in [-0.2, -0.15) is 8.78 Å². The molecule has 1 N–H and O–H groups in total. The number of alkyl halides is 2. The van der Waals surface area contributed by atoms with Gasteiger partial charge in [-0.15, -0.1) is 0 Å². The van der Waals surface area contributed by atoms with E-state index in [4.69, 9.17) is 9.84 Å². The standard InChI is InChI=1S/C15H22F2O3/c16-15(17,13(18)19)9-20-2-1-14-6-10-3-11(7-14)5-12(4-10)8-14/h10-12H,1-9H2,(H,18,19). The second kappa shape index (κ2) is 4.93. The fourth-order valence-corrected chi connectivity index (χ4v) is 5.15. The lowest BCUT2D eigenvalue weighted by Gasteiger charge is -2.57. The van der Waals surface area contributed by atoms with Gasteiger partial charge in [0.15, 0.2) is 0 Å². The highest BCUT2D eigenvalue weighted by Crippen LogP contribution is 2.61. The zero-order valence-electron chi connectivity index (χ0n) is 11.6. The highest BCUT2D eigenvalue weighted by Gasteiger charge is 2.50. The van der Waals surface area contributed by atoms with Crippen molar-refractivity contribution in [3.63, 3.8) is 0 Å². The molecule has 20 heavy (non-hydrogen) atoms. The third-order valence-electron chi connectivity index (χ3n) is 5.54. The van der Waals surface area contributed by atoms with E-state index in [-0.39, 0.29) is 6.61 Å². The summed E-state index contributed by atoms with van der Waals surface area (Å²) in [6.07, 6.45) is 8.55. The maximum absolute atomic E-state index is 12.9. The quantitative estimate of drug-likeness (QED) is 0.763. The molecule has 4 rings (SSSR count). The Morgan fingerprint density at radius 2 is 1.65 bits per heavy atom. The van der Waals surface area contributed by atoms with E-state index < -0.39 is 18.5 Å². The smallest absolute Gasteiger partial charge is 0.377 e. The molecule has 0 spiro atoms. The summed E-state index contributed by atoms with van der Waals surface area (Å²) in [5.41, 5.74) is 0.299. The first-order chi connectivity index (χ1) is 9.39. The molecule has 4 aliphatic rings. The first kappa shape index (κ1) is 14.2. The molecule has 0 aromatic heterocycles. The van der Waals surface area contributed by atoms with E-state index in [9.17, 15) is 13.6 Å². The lowest BCUT2D eigenvalue weighted by Crippen LogP contribution is -2.46. The van der Waals surface area contributed by atoms with Gasteiger partial charge in [0.1, 0.15) is 6.61 Å². The average Bonchev–Trinajstić information content (AvgIpc) is 2.33. The molecule has 0 aromatic rings. The third-order valence-corrected chi connectivity index (χ3v) is 5.54. The molecule has 0 unspecified atom stereocenters. The first-order valence-corrected chi connectivity index (χ1v) is 7.58. The van der Waals surface area contributed by atoms with Crippen LogP contribution in [0, 0.1) is 23.2 Å². The van der Waals surface area contributed by atoms with Gasteiger partial charge in [-0.05, 0) is 68.1 Å². The number of halogens is 2. The Hall–Kier alpha value is -0.710. The SMILES string of the molecule is O=C(O)C(F)(F)COCCC12CC3CC(CC(C3)C1)C2. The van der Waals surface area contributed by atoms with Crippen molar-refractivity contribution in [2.24, 2.45) is 23.2 Å². The maximum Gasteiger partial charge on any atom is 0.377 e. The van der Waals surface area contributed by atoms with E-state index in [0.29, 0.717) is 5.41 Å². The van der Waals surface area contributed by atoms with Crippen molar-refractivity contribution in [2.75, 3.05) is 13.2 Å². The Balaban J connectivity index is 1.48. The maximum atomic E-state index is 12.9. The molecule has 0 amide bonds. The van der Waals surface area contributed by atoms with Crippen molar-refractivity contribution in [3.8, 4) is 0 Å². The number of carboxylic acid groups (broad SMARTS) is 1. The topological polar surface area (TPSA) is 46.5 Å². The van der Waals surface area contributed by atoms with Crippen molar-refractivity contribution >= 4 is 5.97 Å². The predicted octanol–water partition coefficient (Wildman–Crippen LogP) is 3.33. The van der Waals surface area contributed by atoms with E-state index in [1.54, 1.807) is 0 Å². The van der Waals surface area contributed by atoms with Gasteiger partial charge in [0, 0.05) is 6.61 Å². The molecule has 0 saturated heterocycles. The fraction of sp³-hybridized carbons (Fsp3) is 0.933. The van der Waals surface area contributed by atoms with Crippen LogP contribution in [0.3, 0.4) is 0 Å². The molecule has 4 aliphatic carbocycles. The number of hydrogen-bond donors (Lipinski definition) is 1. The number of hydrogen-bond acceptors (Lipinski definition) is 2. The Morgan fingerprint density at radius 1 is 1.15 bits per heavy atom. The van der Waals surface area contributed by atoms with Crippen LogP contribution in [0.5, 0.6) is 0 Å². The van der Waals surface area contributed by atoms with Gasteiger partial charge >= 0.3 is 11.9 Å². The Bertz CT molecular complexity index is 359. The summed E-state index contributed by atoms with van der Waals surface area (Å²) in [4.78, 5) is 10.3. The number of rotatable bonds is 6. The van der Waals surface area contributed by atoms with Crippen LogP contribution in [0.15, 0.2) is 0 Å². The minimum absolute atomic E-state index is 0.259. The summed E-state index contributed by atoms with van der Waals surface area (Å²) in [7, 11) is 0. The highest BCUT2D eigenvalue weighted by atomic mass is 19.3. The summed E-state index contributed by atoms with van der Waals surface area (Å²) in [5, 5.41) is 8.34. The summed E-state index contributed by atoms with van der Waals surface area (Å²) in [6.45, 7) is -0.746. The lowest BCUT2D eigenvalue weighted by molar-refractivity contribution is -0.174. The Morgan fingerprint density at radius 3 is 2.10 bits per heavy atom. The van der Waals surface area contributed by atoms with E-state index >= 15 is 0 Å². The lowest BCUT2D eigenvalue weighted by atomic mass is 9.49. The Kier molecular flexibility index (Phi) is 3.51. The number of ether oxygens (including phenoxy) is 1. The molecule has 0 aromatic carbocycles. The van der Waals surface area contributed by atoms with E-state index in [1.807, 2.05) is 0 Å². The van der Waals surface area contributed by atoms with Gasteiger partial charge in [0.05, 0.1) is 0 Å². The van der Waals surface area contributed by atoms with Gasteiger partial charge in [-0.1, -0.05) is 0 Å². The largest absolute Gasteiger partial charge is 0.477 e. The van der Waals surface area contributed by atoms with Crippen molar-refractivity contribution in [1.29, 1.82) is 0 Å². The summed E-state index contributed by atoms with van der Waals surface area (Å²) in [6, 6.07) is 0. The first-order valence-electron chi connectivity index (χ1n) is 7.58. The second-order valence-corrected chi connectivity index (χ2v) is 7.23.